The molecule has 1 atom stereocenters. The molecule has 6 nitrogen and oxygen atoms in total. The minimum Gasteiger partial charge on any atom is -0.480 e. The monoisotopic (exact) mass is 251 g/mol. The molecule has 1 fully saturated rings. The van der Waals surface area contributed by atoms with Crippen molar-refractivity contribution < 1.29 is 14.3 Å². The lowest BCUT2D eigenvalue weighted by atomic mass is 10.2. The van der Waals surface area contributed by atoms with E-state index in [1.165, 1.54) is 7.11 Å². The van der Waals surface area contributed by atoms with Crippen LogP contribution in [0.1, 0.15) is 12.8 Å². The summed E-state index contributed by atoms with van der Waals surface area (Å²) in [6.07, 6.45) is 3.79. The van der Waals surface area contributed by atoms with Crippen LogP contribution in [0.2, 0.25) is 0 Å². The van der Waals surface area contributed by atoms with Crippen molar-refractivity contribution in [1.82, 2.24) is 10.3 Å². The summed E-state index contributed by atoms with van der Waals surface area (Å²) in [5, 5.41) is 5.46. The van der Waals surface area contributed by atoms with Gasteiger partial charge in [0.15, 0.2) is 0 Å². The van der Waals surface area contributed by atoms with Gasteiger partial charge in [-0.05, 0) is 25.0 Å². The molecule has 0 bridgehead atoms. The number of hydrogen-bond acceptors (Lipinski definition) is 4. The standard InChI is InChI=1S/C12H17N3O3/c1-17-11-10(5-2-6-13-11)15-12(16)14-8-9-4-3-7-18-9/h2,5-6,9H,3-4,7-8H2,1H3,(H2,14,15,16). The number of nitrogens with one attached hydrogen (secondary N) is 2. The lowest BCUT2D eigenvalue weighted by Gasteiger charge is -2.12. The van der Waals surface area contributed by atoms with Crippen LogP contribution in [-0.4, -0.2) is 37.4 Å². The van der Waals surface area contributed by atoms with Gasteiger partial charge in [0.2, 0.25) is 5.88 Å². The van der Waals surface area contributed by atoms with Crippen molar-refractivity contribution >= 4 is 11.7 Å². The topological polar surface area (TPSA) is 72.5 Å². The maximum Gasteiger partial charge on any atom is 0.319 e. The normalized spacial score (nSPS) is 18.4. The molecular weight excluding hydrogens is 234 g/mol. The van der Waals surface area contributed by atoms with E-state index in [4.69, 9.17) is 9.47 Å². The molecule has 2 N–H and O–H groups in total. The number of methoxy groups -OCH3 is 1. The third-order valence-corrected chi connectivity index (χ3v) is 2.73. The lowest BCUT2D eigenvalue weighted by Crippen LogP contribution is -2.35. The van der Waals surface area contributed by atoms with Crippen molar-refractivity contribution in [2.45, 2.75) is 18.9 Å². The van der Waals surface area contributed by atoms with Crippen molar-refractivity contribution in [3.05, 3.63) is 18.3 Å². The number of ether oxygens (including phenoxy) is 2. The number of anilines is 1. The molecule has 0 aliphatic carbocycles. The van der Waals surface area contributed by atoms with Gasteiger partial charge in [0, 0.05) is 19.3 Å². The average molecular weight is 251 g/mol. The largest absolute Gasteiger partial charge is 0.480 e. The molecule has 0 aromatic carbocycles. The van der Waals surface area contributed by atoms with Gasteiger partial charge in [-0.2, -0.15) is 0 Å². The first-order chi connectivity index (χ1) is 8.79. The summed E-state index contributed by atoms with van der Waals surface area (Å²) in [7, 11) is 1.51. The molecule has 1 aromatic rings. The molecular formula is C12H17N3O3. The fraction of sp³-hybridized carbons (Fsp3) is 0.500. The first kappa shape index (κ1) is 12.6. The zero-order chi connectivity index (χ0) is 12.8. The van der Waals surface area contributed by atoms with E-state index in [0.29, 0.717) is 18.1 Å². The molecule has 1 aliphatic heterocycles. The predicted molar refractivity (Wildman–Crippen MR) is 66.8 cm³/mol. The molecule has 0 radical (unpaired) electrons. The number of carbonyl (C=O) groups excluding carboxylic acids is 1. The van der Waals surface area contributed by atoms with Crippen molar-refractivity contribution in [1.29, 1.82) is 0 Å². The molecule has 2 rings (SSSR count). The highest BCUT2D eigenvalue weighted by atomic mass is 16.5. The highest BCUT2D eigenvalue weighted by molar-refractivity contribution is 5.90. The molecule has 0 saturated carbocycles. The Hall–Kier alpha value is -1.82. The van der Waals surface area contributed by atoms with E-state index in [1.54, 1.807) is 18.3 Å². The summed E-state index contributed by atoms with van der Waals surface area (Å²) in [5.74, 6) is 0.393. The van der Waals surface area contributed by atoms with Gasteiger partial charge in [-0.1, -0.05) is 0 Å². The summed E-state index contributed by atoms with van der Waals surface area (Å²) in [6.45, 7) is 1.30. The second kappa shape index (κ2) is 6.20. The van der Waals surface area contributed by atoms with Gasteiger partial charge in [-0.3, -0.25) is 0 Å². The van der Waals surface area contributed by atoms with Crippen LogP contribution < -0.4 is 15.4 Å². The van der Waals surface area contributed by atoms with Crippen LogP contribution in [0.15, 0.2) is 18.3 Å². The predicted octanol–water partition coefficient (Wildman–Crippen LogP) is 1.39. The zero-order valence-electron chi connectivity index (χ0n) is 10.3. The zero-order valence-corrected chi connectivity index (χ0v) is 10.3. The number of hydrogen-bond donors (Lipinski definition) is 2. The second-order valence-electron chi connectivity index (χ2n) is 4.03. The Morgan fingerprint density at radius 2 is 2.56 bits per heavy atom. The van der Waals surface area contributed by atoms with Crippen LogP contribution in [0.3, 0.4) is 0 Å². The van der Waals surface area contributed by atoms with E-state index in [9.17, 15) is 4.79 Å². The summed E-state index contributed by atoms with van der Waals surface area (Å²) in [4.78, 5) is 15.7. The number of pyridine rings is 1. The van der Waals surface area contributed by atoms with Crippen LogP contribution in [-0.2, 0) is 4.74 Å². The summed E-state index contributed by atoms with van der Waals surface area (Å²) in [5.41, 5.74) is 0.546. The van der Waals surface area contributed by atoms with Crippen LogP contribution >= 0.6 is 0 Å². The highest BCUT2D eigenvalue weighted by Crippen LogP contribution is 2.19. The second-order valence-corrected chi connectivity index (χ2v) is 4.03. The number of amides is 2. The molecule has 2 amide bonds. The highest BCUT2D eigenvalue weighted by Gasteiger charge is 2.16. The molecule has 2 heterocycles. The maximum absolute atomic E-state index is 11.7. The van der Waals surface area contributed by atoms with E-state index < -0.39 is 0 Å². The Kier molecular flexibility index (Phi) is 4.35. The fourth-order valence-electron chi connectivity index (χ4n) is 1.83. The van der Waals surface area contributed by atoms with Crippen LogP contribution in [0.4, 0.5) is 10.5 Å². The summed E-state index contributed by atoms with van der Waals surface area (Å²) in [6, 6.07) is 3.19. The Morgan fingerprint density at radius 3 is 3.28 bits per heavy atom. The Bertz CT molecular complexity index is 405. The lowest BCUT2D eigenvalue weighted by molar-refractivity contribution is 0.112. The van der Waals surface area contributed by atoms with Gasteiger partial charge in [0.05, 0.1) is 13.2 Å². The van der Waals surface area contributed by atoms with E-state index in [1.807, 2.05) is 0 Å². The van der Waals surface area contributed by atoms with E-state index in [0.717, 1.165) is 19.4 Å². The van der Waals surface area contributed by atoms with Gasteiger partial charge < -0.3 is 20.1 Å². The quantitative estimate of drug-likeness (QED) is 0.848. The molecule has 1 saturated heterocycles. The van der Waals surface area contributed by atoms with Crippen LogP contribution in [0.5, 0.6) is 5.88 Å². The minimum absolute atomic E-state index is 0.131. The van der Waals surface area contributed by atoms with Gasteiger partial charge in [-0.25, -0.2) is 9.78 Å². The van der Waals surface area contributed by atoms with Gasteiger partial charge in [0.1, 0.15) is 5.69 Å². The number of nitrogens with zero attached hydrogens (tertiary/aromatic N) is 1. The van der Waals surface area contributed by atoms with Gasteiger partial charge >= 0.3 is 6.03 Å². The SMILES string of the molecule is COc1ncccc1NC(=O)NCC1CCCO1. The smallest absolute Gasteiger partial charge is 0.319 e. The van der Waals surface area contributed by atoms with E-state index >= 15 is 0 Å². The molecule has 1 aromatic heterocycles. The van der Waals surface area contributed by atoms with Gasteiger partial charge in [0.25, 0.3) is 0 Å². The molecule has 1 unspecified atom stereocenters. The Morgan fingerprint density at radius 1 is 1.67 bits per heavy atom. The van der Waals surface area contributed by atoms with Gasteiger partial charge in [-0.15, -0.1) is 0 Å². The Labute approximate surface area is 106 Å². The first-order valence-electron chi connectivity index (χ1n) is 5.95. The molecule has 18 heavy (non-hydrogen) atoms. The molecule has 6 heteroatoms. The van der Waals surface area contributed by atoms with Crippen molar-refractivity contribution in [3.8, 4) is 5.88 Å². The molecule has 1 aliphatic rings. The number of carbonyl (C=O) groups is 1. The third kappa shape index (κ3) is 3.33. The summed E-state index contributed by atoms with van der Waals surface area (Å²) < 4.78 is 10.5. The third-order valence-electron chi connectivity index (χ3n) is 2.73. The first-order valence-corrected chi connectivity index (χ1v) is 5.95. The molecule has 0 spiro atoms. The van der Waals surface area contributed by atoms with Crippen molar-refractivity contribution in [2.24, 2.45) is 0 Å². The number of aromatic nitrogens is 1. The van der Waals surface area contributed by atoms with Crippen molar-refractivity contribution in [2.75, 3.05) is 25.6 Å². The number of rotatable bonds is 4. The minimum atomic E-state index is -0.281. The van der Waals surface area contributed by atoms with Crippen LogP contribution in [0, 0.1) is 0 Å². The van der Waals surface area contributed by atoms with E-state index in [-0.39, 0.29) is 12.1 Å². The van der Waals surface area contributed by atoms with Crippen LogP contribution in [0.25, 0.3) is 0 Å². The van der Waals surface area contributed by atoms with E-state index in [2.05, 4.69) is 15.6 Å². The maximum atomic E-state index is 11.7. The number of urea groups is 1. The van der Waals surface area contributed by atoms with Crippen molar-refractivity contribution in [3.63, 3.8) is 0 Å². The molecule has 98 valence electrons. The fourth-order valence-corrected chi connectivity index (χ4v) is 1.83. The Balaban J connectivity index is 1.82. The average Bonchev–Trinajstić information content (AvgIpc) is 2.90. The summed E-state index contributed by atoms with van der Waals surface area (Å²) >= 11 is 0.